The topological polar surface area (TPSA) is 82.3 Å². The van der Waals surface area contributed by atoms with Gasteiger partial charge in [0.2, 0.25) is 10.0 Å². The van der Waals surface area contributed by atoms with Crippen molar-refractivity contribution < 1.29 is 13.2 Å². The molecule has 140 valence electrons. The van der Waals surface area contributed by atoms with E-state index in [-0.39, 0.29) is 5.91 Å². The van der Waals surface area contributed by atoms with Crippen LogP contribution in [0.25, 0.3) is 10.9 Å². The van der Waals surface area contributed by atoms with Crippen molar-refractivity contribution in [2.24, 2.45) is 0 Å². The van der Waals surface area contributed by atoms with E-state index in [1.807, 2.05) is 17.0 Å². The molecule has 2 heterocycles. The van der Waals surface area contributed by atoms with Gasteiger partial charge in [-0.2, -0.15) is 0 Å². The third-order valence-electron chi connectivity index (χ3n) is 4.89. The predicted molar refractivity (Wildman–Crippen MR) is 107 cm³/mol. The van der Waals surface area contributed by atoms with Crippen LogP contribution in [0, 0.1) is 0 Å². The van der Waals surface area contributed by atoms with Crippen LogP contribution in [0.1, 0.15) is 21.6 Å². The van der Waals surface area contributed by atoms with Gasteiger partial charge in [0.1, 0.15) is 0 Å². The summed E-state index contributed by atoms with van der Waals surface area (Å²) in [5, 5.41) is 1.23. The summed E-state index contributed by atoms with van der Waals surface area (Å²) in [6, 6.07) is 14.8. The second-order valence-electron chi connectivity index (χ2n) is 6.87. The number of sulfonamides is 1. The van der Waals surface area contributed by atoms with Crippen molar-refractivity contribution in [3.05, 3.63) is 65.4 Å². The monoisotopic (exact) mass is 383 g/mol. The van der Waals surface area contributed by atoms with Crippen LogP contribution in [-0.2, 0) is 22.9 Å². The average Bonchev–Trinajstić information content (AvgIpc) is 2.85. The predicted octanol–water partition coefficient (Wildman–Crippen LogP) is 2.78. The number of amides is 1. The lowest BCUT2D eigenvalue weighted by Crippen LogP contribution is -2.33. The molecule has 6 nitrogen and oxygen atoms in total. The molecule has 2 aromatic carbocycles. The van der Waals surface area contributed by atoms with Crippen LogP contribution < -0.4 is 4.72 Å². The Morgan fingerprint density at radius 3 is 2.48 bits per heavy atom. The van der Waals surface area contributed by atoms with Crippen LogP contribution in [0.4, 0.5) is 5.69 Å². The Balaban J connectivity index is 1.50. The maximum atomic E-state index is 12.9. The number of aromatic amines is 1. The molecule has 0 bridgehead atoms. The molecule has 7 heteroatoms. The van der Waals surface area contributed by atoms with Crippen molar-refractivity contribution in [2.75, 3.05) is 24.1 Å². The summed E-state index contributed by atoms with van der Waals surface area (Å²) in [4.78, 5) is 18.2. The highest BCUT2D eigenvalue weighted by Gasteiger charge is 2.22. The van der Waals surface area contributed by atoms with Crippen LogP contribution in [0.2, 0.25) is 0 Å². The maximum Gasteiger partial charge on any atom is 0.253 e. The van der Waals surface area contributed by atoms with Crippen LogP contribution in [-0.4, -0.2) is 43.6 Å². The first kappa shape index (κ1) is 17.6. The fourth-order valence-electron chi connectivity index (χ4n) is 3.64. The van der Waals surface area contributed by atoms with Crippen molar-refractivity contribution in [3.8, 4) is 0 Å². The first-order valence-corrected chi connectivity index (χ1v) is 10.8. The molecule has 0 aliphatic carbocycles. The highest BCUT2D eigenvalue weighted by Crippen LogP contribution is 2.26. The summed E-state index contributed by atoms with van der Waals surface area (Å²) in [7, 11) is -3.33. The molecule has 0 atom stereocenters. The zero-order chi connectivity index (χ0) is 19.0. The quantitative estimate of drug-likeness (QED) is 0.730. The lowest BCUT2D eigenvalue weighted by Gasteiger charge is -2.20. The van der Waals surface area contributed by atoms with E-state index in [4.69, 9.17) is 0 Å². The lowest BCUT2D eigenvalue weighted by molar-refractivity contribution is 0.0763. The molecule has 27 heavy (non-hydrogen) atoms. The van der Waals surface area contributed by atoms with Crippen LogP contribution in [0.3, 0.4) is 0 Å². The van der Waals surface area contributed by atoms with Crippen molar-refractivity contribution in [1.82, 2.24) is 9.88 Å². The molecule has 1 amide bonds. The summed E-state index contributed by atoms with van der Waals surface area (Å²) in [6.07, 6.45) is 2.71. The van der Waals surface area contributed by atoms with Gasteiger partial charge < -0.3 is 9.88 Å². The van der Waals surface area contributed by atoms with Gasteiger partial charge in [-0.1, -0.05) is 18.2 Å². The number of hydrogen-bond acceptors (Lipinski definition) is 3. The molecule has 0 saturated carbocycles. The molecule has 0 fully saturated rings. The normalized spacial score (nSPS) is 14.6. The second-order valence-corrected chi connectivity index (χ2v) is 8.62. The van der Waals surface area contributed by atoms with E-state index in [0.717, 1.165) is 24.6 Å². The number of hydrogen-bond donors (Lipinski definition) is 2. The molecule has 0 saturated heterocycles. The Morgan fingerprint density at radius 2 is 1.74 bits per heavy atom. The van der Waals surface area contributed by atoms with Gasteiger partial charge in [0.25, 0.3) is 5.91 Å². The SMILES string of the molecule is CS(=O)(=O)Nc1ccc(C(=O)N2CCc3[nH]c4ccccc4c3CC2)cc1. The zero-order valence-electron chi connectivity index (χ0n) is 15.0. The number of para-hydroxylation sites is 1. The molecule has 0 radical (unpaired) electrons. The van der Waals surface area contributed by atoms with Crippen LogP contribution >= 0.6 is 0 Å². The van der Waals surface area contributed by atoms with Gasteiger partial charge in [-0.3, -0.25) is 9.52 Å². The highest BCUT2D eigenvalue weighted by atomic mass is 32.2. The van der Waals surface area contributed by atoms with Gasteiger partial charge in [0, 0.05) is 47.4 Å². The van der Waals surface area contributed by atoms with E-state index < -0.39 is 10.0 Å². The molecule has 0 unspecified atom stereocenters. The van der Waals surface area contributed by atoms with E-state index in [0.29, 0.717) is 24.3 Å². The third-order valence-corrected chi connectivity index (χ3v) is 5.49. The fourth-order valence-corrected chi connectivity index (χ4v) is 4.20. The maximum absolute atomic E-state index is 12.9. The number of fused-ring (bicyclic) bond motifs is 3. The Labute approximate surface area is 158 Å². The second kappa shape index (κ2) is 6.74. The van der Waals surface area contributed by atoms with Crippen molar-refractivity contribution >= 4 is 32.5 Å². The fraction of sp³-hybridized carbons (Fsp3) is 0.250. The van der Waals surface area contributed by atoms with E-state index in [1.165, 1.54) is 16.6 Å². The van der Waals surface area contributed by atoms with Crippen molar-refractivity contribution in [3.63, 3.8) is 0 Å². The molecule has 4 rings (SSSR count). The number of anilines is 1. The number of carbonyl (C=O) groups excluding carboxylic acids is 1. The summed E-state index contributed by atoms with van der Waals surface area (Å²) in [6.45, 7) is 1.32. The molecule has 1 aliphatic heterocycles. The van der Waals surface area contributed by atoms with Gasteiger partial charge in [-0.05, 0) is 42.3 Å². The molecular weight excluding hydrogens is 362 g/mol. The Morgan fingerprint density at radius 1 is 1.04 bits per heavy atom. The number of rotatable bonds is 3. The number of carbonyl (C=O) groups is 1. The third kappa shape index (κ3) is 3.68. The Kier molecular flexibility index (Phi) is 4.39. The minimum atomic E-state index is -3.33. The van der Waals surface area contributed by atoms with Gasteiger partial charge in [-0.25, -0.2) is 8.42 Å². The van der Waals surface area contributed by atoms with E-state index in [9.17, 15) is 13.2 Å². The minimum Gasteiger partial charge on any atom is -0.358 e. The minimum absolute atomic E-state index is 0.0321. The number of H-pyrrole nitrogens is 1. The highest BCUT2D eigenvalue weighted by molar-refractivity contribution is 7.92. The Bertz CT molecular complexity index is 1100. The summed E-state index contributed by atoms with van der Waals surface area (Å²) in [5.41, 5.74) is 4.67. The lowest BCUT2D eigenvalue weighted by atomic mass is 10.1. The average molecular weight is 383 g/mol. The molecule has 2 N–H and O–H groups in total. The molecule has 3 aromatic rings. The first-order chi connectivity index (χ1) is 12.9. The molecule has 1 aromatic heterocycles. The standard InChI is InChI=1S/C20H21N3O3S/c1-27(25,26)22-15-8-6-14(7-9-15)20(24)23-12-10-17-16-4-2-3-5-18(16)21-19(17)11-13-23/h2-9,21-22H,10-13H2,1H3. The van der Waals surface area contributed by atoms with Gasteiger partial charge in [-0.15, -0.1) is 0 Å². The zero-order valence-corrected chi connectivity index (χ0v) is 15.8. The number of benzene rings is 2. The largest absolute Gasteiger partial charge is 0.358 e. The Hall–Kier alpha value is -2.80. The summed E-state index contributed by atoms with van der Waals surface area (Å²) in [5.74, 6) is -0.0321. The molecule has 0 spiro atoms. The summed E-state index contributed by atoms with van der Waals surface area (Å²) >= 11 is 0. The van der Waals surface area contributed by atoms with E-state index >= 15 is 0 Å². The smallest absolute Gasteiger partial charge is 0.253 e. The van der Waals surface area contributed by atoms with Gasteiger partial charge in [0.15, 0.2) is 0 Å². The number of nitrogens with one attached hydrogen (secondary N) is 2. The van der Waals surface area contributed by atoms with E-state index in [1.54, 1.807) is 24.3 Å². The first-order valence-electron chi connectivity index (χ1n) is 8.86. The molecule has 1 aliphatic rings. The van der Waals surface area contributed by atoms with Crippen molar-refractivity contribution in [2.45, 2.75) is 12.8 Å². The van der Waals surface area contributed by atoms with Gasteiger partial charge >= 0.3 is 0 Å². The number of aromatic nitrogens is 1. The number of nitrogens with zero attached hydrogens (tertiary/aromatic N) is 1. The van der Waals surface area contributed by atoms with Crippen LogP contribution in [0.5, 0.6) is 0 Å². The van der Waals surface area contributed by atoms with Crippen LogP contribution in [0.15, 0.2) is 48.5 Å². The van der Waals surface area contributed by atoms with Gasteiger partial charge in [0.05, 0.1) is 6.26 Å². The van der Waals surface area contributed by atoms with Crippen molar-refractivity contribution in [1.29, 1.82) is 0 Å². The summed E-state index contributed by atoms with van der Waals surface area (Å²) < 4.78 is 25.0. The van der Waals surface area contributed by atoms with E-state index in [2.05, 4.69) is 21.8 Å². The molecular formula is C20H21N3O3S.